The lowest BCUT2D eigenvalue weighted by Gasteiger charge is -2.19. The van der Waals surface area contributed by atoms with Crippen LogP contribution in [-0.4, -0.2) is 28.4 Å². The van der Waals surface area contributed by atoms with Gasteiger partial charge < -0.3 is 10.6 Å². The Morgan fingerprint density at radius 2 is 2.60 bits per heavy atom. The van der Waals surface area contributed by atoms with Gasteiger partial charge >= 0.3 is 0 Å². The molecule has 1 aliphatic rings. The van der Waals surface area contributed by atoms with Gasteiger partial charge in [-0.1, -0.05) is 0 Å². The molecule has 2 rings (SSSR count). The zero-order valence-corrected chi connectivity index (χ0v) is 9.59. The van der Waals surface area contributed by atoms with E-state index in [9.17, 15) is 4.79 Å². The van der Waals surface area contributed by atoms with Crippen LogP contribution in [0.3, 0.4) is 0 Å². The Hall–Kier alpha value is -0.940. The van der Waals surface area contributed by atoms with Crippen LogP contribution < -0.4 is 5.73 Å². The standard InChI is InChI=1S/C10H15N3OS/c1-7-3-2-4-13(7)10(14)8-6-15-9(5-11)12-8/h6-7H,2-5,11H2,1H3. The van der Waals surface area contributed by atoms with Gasteiger partial charge in [-0.25, -0.2) is 4.98 Å². The van der Waals surface area contributed by atoms with Gasteiger partial charge in [0.05, 0.1) is 0 Å². The summed E-state index contributed by atoms with van der Waals surface area (Å²) in [4.78, 5) is 18.1. The topological polar surface area (TPSA) is 59.2 Å². The van der Waals surface area contributed by atoms with Crippen LogP contribution in [0, 0.1) is 0 Å². The first-order chi connectivity index (χ1) is 7.22. The van der Waals surface area contributed by atoms with Crippen molar-refractivity contribution in [1.29, 1.82) is 0 Å². The van der Waals surface area contributed by atoms with Crippen molar-refractivity contribution in [3.8, 4) is 0 Å². The number of carbonyl (C=O) groups is 1. The number of hydrogen-bond acceptors (Lipinski definition) is 4. The minimum atomic E-state index is 0.0518. The molecule has 1 saturated heterocycles. The molecule has 1 unspecified atom stereocenters. The fourth-order valence-corrected chi connectivity index (χ4v) is 2.53. The second-order valence-electron chi connectivity index (χ2n) is 3.82. The lowest BCUT2D eigenvalue weighted by atomic mass is 10.2. The molecule has 5 heteroatoms. The molecule has 0 bridgehead atoms. The molecule has 1 aliphatic heterocycles. The Kier molecular flexibility index (Phi) is 3.02. The smallest absolute Gasteiger partial charge is 0.273 e. The molecular weight excluding hydrogens is 210 g/mol. The molecule has 1 aromatic heterocycles. The quantitative estimate of drug-likeness (QED) is 0.823. The van der Waals surface area contributed by atoms with E-state index in [4.69, 9.17) is 5.73 Å². The molecular formula is C10H15N3OS. The fraction of sp³-hybridized carbons (Fsp3) is 0.600. The molecule has 1 amide bonds. The largest absolute Gasteiger partial charge is 0.335 e. The summed E-state index contributed by atoms with van der Waals surface area (Å²) in [7, 11) is 0. The second kappa shape index (κ2) is 4.28. The lowest BCUT2D eigenvalue weighted by molar-refractivity contribution is 0.0742. The second-order valence-corrected chi connectivity index (χ2v) is 4.76. The Morgan fingerprint density at radius 1 is 1.80 bits per heavy atom. The van der Waals surface area contributed by atoms with Crippen molar-refractivity contribution < 1.29 is 4.79 Å². The van der Waals surface area contributed by atoms with Crippen LogP contribution in [0.2, 0.25) is 0 Å². The maximum Gasteiger partial charge on any atom is 0.273 e. The van der Waals surface area contributed by atoms with E-state index in [0.29, 0.717) is 18.3 Å². The fourth-order valence-electron chi connectivity index (χ4n) is 1.88. The highest BCUT2D eigenvalue weighted by molar-refractivity contribution is 7.09. The van der Waals surface area contributed by atoms with Gasteiger partial charge in [-0.2, -0.15) is 0 Å². The summed E-state index contributed by atoms with van der Waals surface area (Å²) >= 11 is 1.45. The van der Waals surface area contributed by atoms with Gasteiger partial charge in [-0.3, -0.25) is 4.79 Å². The van der Waals surface area contributed by atoms with Gasteiger partial charge in [0.25, 0.3) is 5.91 Å². The Balaban J connectivity index is 2.13. The summed E-state index contributed by atoms with van der Waals surface area (Å²) in [5.41, 5.74) is 6.02. The van der Waals surface area contributed by atoms with E-state index in [0.717, 1.165) is 24.4 Å². The summed E-state index contributed by atoms with van der Waals surface area (Å²) < 4.78 is 0. The number of amides is 1. The van der Waals surface area contributed by atoms with Crippen molar-refractivity contribution in [2.24, 2.45) is 5.73 Å². The molecule has 2 heterocycles. The van der Waals surface area contributed by atoms with Crippen LogP contribution in [0.5, 0.6) is 0 Å². The number of thiazole rings is 1. The van der Waals surface area contributed by atoms with Crippen LogP contribution in [0.15, 0.2) is 5.38 Å². The summed E-state index contributed by atoms with van der Waals surface area (Å²) in [6.07, 6.45) is 2.19. The van der Waals surface area contributed by atoms with Crippen molar-refractivity contribution >= 4 is 17.2 Å². The normalized spacial score (nSPS) is 20.9. The molecule has 1 fully saturated rings. The monoisotopic (exact) mass is 225 g/mol. The van der Waals surface area contributed by atoms with Crippen LogP contribution >= 0.6 is 11.3 Å². The molecule has 0 radical (unpaired) electrons. The number of nitrogens with two attached hydrogens (primary N) is 1. The third kappa shape index (κ3) is 2.03. The number of rotatable bonds is 2. The molecule has 0 aliphatic carbocycles. The number of likely N-dealkylation sites (tertiary alicyclic amines) is 1. The maximum atomic E-state index is 12.0. The van der Waals surface area contributed by atoms with Gasteiger partial charge in [-0.05, 0) is 19.8 Å². The summed E-state index contributed by atoms with van der Waals surface area (Å²) in [6, 6.07) is 0.348. The lowest BCUT2D eigenvalue weighted by Crippen LogP contribution is -2.33. The Morgan fingerprint density at radius 3 is 3.13 bits per heavy atom. The number of hydrogen-bond donors (Lipinski definition) is 1. The molecule has 0 saturated carbocycles. The molecule has 4 nitrogen and oxygen atoms in total. The number of aromatic nitrogens is 1. The molecule has 82 valence electrons. The predicted molar refractivity (Wildman–Crippen MR) is 59.7 cm³/mol. The molecule has 0 aromatic carbocycles. The first-order valence-corrected chi connectivity index (χ1v) is 6.05. The summed E-state index contributed by atoms with van der Waals surface area (Å²) in [6.45, 7) is 3.35. The van der Waals surface area contributed by atoms with E-state index in [1.54, 1.807) is 5.38 Å². The van der Waals surface area contributed by atoms with Crippen molar-refractivity contribution in [2.45, 2.75) is 32.4 Å². The van der Waals surface area contributed by atoms with Gasteiger partial charge in [0, 0.05) is 24.5 Å². The average Bonchev–Trinajstić information content (AvgIpc) is 2.84. The molecule has 15 heavy (non-hydrogen) atoms. The highest BCUT2D eigenvalue weighted by Crippen LogP contribution is 2.20. The molecule has 0 spiro atoms. The minimum Gasteiger partial charge on any atom is -0.335 e. The predicted octanol–water partition coefficient (Wildman–Crippen LogP) is 1.23. The van der Waals surface area contributed by atoms with Gasteiger partial charge in [0.2, 0.25) is 0 Å². The van der Waals surface area contributed by atoms with Crippen molar-refractivity contribution in [3.05, 3.63) is 16.1 Å². The third-order valence-corrected chi connectivity index (χ3v) is 3.63. The molecule has 2 N–H and O–H groups in total. The van der Waals surface area contributed by atoms with E-state index in [1.807, 2.05) is 4.90 Å². The first kappa shape index (κ1) is 10.6. The first-order valence-electron chi connectivity index (χ1n) is 5.18. The highest BCUT2D eigenvalue weighted by Gasteiger charge is 2.27. The van der Waals surface area contributed by atoms with Crippen LogP contribution in [0.25, 0.3) is 0 Å². The van der Waals surface area contributed by atoms with Gasteiger partial charge in [-0.15, -0.1) is 11.3 Å². The maximum absolute atomic E-state index is 12.0. The van der Waals surface area contributed by atoms with E-state index in [1.165, 1.54) is 11.3 Å². The zero-order chi connectivity index (χ0) is 10.8. The minimum absolute atomic E-state index is 0.0518. The zero-order valence-electron chi connectivity index (χ0n) is 8.77. The third-order valence-electron chi connectivity index (χ3n) is 2.76. The Bertz CT molecular complexity index is 363. The number of carbonyl (C=O) groups excluding carboxylic acids is 1. The van der Waals surface area contributed by atoms with Crippen LogP contribution in [0.4, 0.5) is 0 Å². The van der Waals surface area contributed by atoms with E-state index in [2.05, 4.69) is 11.9 Å². The summed E-state index contributed by atoms with van der Waals surface area (Å²) in [5, 5.41) is 2.63. The van der Waals surface area contributed by atoms with Gasteiger partial charge in [0.15, 0.2) is 0 Å². The van der Waals surface area contributed by atoms with Crippen LogP contribution in [-0.2, 0) is 6.54 Å². The average molecular weight is 225 g/mol. The summed E-state index contributed by atoms with van der Waals surface area (Å²) in [5.74, 6) is 0.0518. The Labute approximate surface area is 93.1 Å². The van der Waals surface area contributed by atoms with Gasteiger partial charge in [0.1, 0.15) is 10.7 Å². The SMILES string of the molecule is CC1CCCN1C(=O)c1csc(CN)n1. The van der Waals surface area contributed by atoms with Crippen LogP contribution in [0.1, 0.15) is 35.3 Å². The molecule has 1 aromatic rings. The number of nitrogens with zero attached hydrogens (tertiary/aromatic N) is 2. The molecule has 1 atom stereocenters. The van der Waals surface area contributed by atoms with Crippen molar-refractivity contribution in [1.82, 2.24) is 9.88 Å². The van der Waals surface area contributed by atoms with E-state index in [-0.39, 0.29) is 5.91 Å². The van der Waals surface area contributed by atoms with E-state index < -0.39 is 0 Å². The van der Waals surface area contributed by atoms with E-state index >= 15 is 0 Å². The highest BCUT2D eigenvalue weighted by atomic mass is 32.1. The van der Waals surface area contributed by atoms with Crippen molar-refractivity contribution in [2.75, 3.05) is 6.54 Å². The van der Waals surface area contributed by atoms with Crippen molar-refractivity contribution in [3.63, 3.8) is 0 Å².